The number of nitrogens with zero attached hydrogens (tertiary/aromatic N) is 2. The number of rotatable bonds is 8. The highest BCUT2D eigenvalue weighted by Gasteiger charge is 2.13. The molecular weight excluding hydrogens is 511 g/mol. The summed E-state index contributed by atoms with van der Waals surface area (Å²) in [4.78, 5) is 12.2. The number of carbonyl (C=O) groups excluding carboxylic acids is 1. The predicted octanol–water partition coefficient (Wildman–Crippen LogP) is 6.66. The molecule has 1 aromatic heterocycles. The molecule has 174 valence electrons. The quantitative estimate of drug-likeness (QED) is 0.175. The molecule has 0 radical (unpaired) electrons. The largest absolute Gasteiger partial charge is 0.387 e. The van der Waals surface area contributed by atoms with Crippen molar-refractivity contribution in [1.82, 2.24) is 15.5 Å². The monoisotopic (exact) mass is 530 g/mol. The number of amides is 2. The lowest BCUT2D eigenvalue weighted by Crippen LogP contribution is -2.32. The molecule has 1 unspecified atom stereocenters. The molecule has 3 N–H and O–H groups in total. The Labute approximate surface area is 215 Å². The molecule has 1 heterocycles. The number of urea groups is 1. The van der Waals surface area contributed by atoms with E-state index >= 15 is 0 Å². The maximum Gasteiger partial charge on any atom is 0.321 e. The summed E-state index contributed by atoms with van der Waals surface area (Å²) in [7, 11) is 0. The van der Waals surface area contributed by atoms with Crippen molar-refractivity contribution in [2.45, 2.75) is 16.2 Å². The van der Waals surface area contributed by atoms with Gasteiger partial charge in [-0.25, -0.2) is 4.79 Å². The van der Waals surface area contributed by atoms with Crippen LogP contribution in [0.25, 0.3) is 11.1 Å². The third-order valence-corrected chi connectivity index (χ3v) is 7.59. The van der Waals surface area contributed by atoms with Gasteiger partial charge in [0.1, 0.15) is 0 Å². The van der Waals surface area contributed by atoms with E-state index in [1.54, 1.807) is 18.2 Å². The van der Waals surface area contributed by atoms with Crippen molar-refractivity contribution in [1.29, 1.82) is 0 Å². The molecule has 3 aromatic carbocycles. The summed E-state index contributed by atoms with van der Waals surface area (Å²) in [6.07, 6.45) is -0.837. The van der Waals surface area contributed by atoms with Crippen molar-refractivity contribution in [2.24, 2.45) is 0 Å². The smallest absolute Gasteiger partial charge is 0.321 e. The molecule has 0 aliphatic rings. The van der Waals surface area contributed by atoms with Crippen molar-refractivity contribution >= 4 is 57.5 Å². The van der Waals surface area contributed by atoms with Gasteiger partial charge in [-0.1, -0.05) is 107 Å². The fraction of sp³-hybridized carbons (Fsp3) is 0.125. The lowest BCUT2D eigenvalue weighted by atomic mass is 10.0. The van der Waals surface area contributed by atoms with Gasteiger partial charge in [0.2, 0.25) is 5.13 Å². The first-order valence-corrected chi connectivity index (χ1v) is 12.8. The second kappa shape index (κ2) is 11.7. The Morgan fingerprint density at radius 1 is 0.941 bits per heavy atom. The molecule has 4 aromatic rings. The van der Waals surface area contributed by atoms with Crippen LogP contribution in [0.3, 0.4) is 0 Å². The number of anilines is 1. The predicted molar refractivity (Wildman–Crippen MR) is 140 cm³/mol. The van der Waals surface area contributed by atoms with Gasteiger partial charge in [0.15, 0.2) is 4.34 Å². The maximum atomic E-state index is 12.2. The van der Waals surface area contributed by atoms with Crippen molar-refractivity contribution in [3.8, 4) is 11.1 Å². The van der Waals surface area contributed by atoms with Crippen molar-refractivity contribution in [3.05, 3.63) is 94.0 Å². The van der Waals surface area contributed by atoms with Gasteiger partial charge >= 0.3 is 6.03 Å². The number of carbonyl (C=O) groups is 1. The highest BCUT2D eigenvalue weighted by Crippen LogP contribution is 2.33. The topological polar surface area (TPSA) is 87.1 Å². The standard InChI is InChI=1S/C24H20Cl2N4O2S2/c25-19-7-4-8-20(26)18(19)14-33-24-30-29-23(34-24)28-22(32)27-13-21(31)17-11-9-16(10-12-17)15-5-2-1-3-6-15/h1-12,21,31H,13-14H2,(H2,27,28,29,32). The summed E-state index contributed by atoms with van der Waals surface area (Å²) in [6.45, 7) is 0.0575. The zero-order chi connectivity index (χ0) is 23.9. The minimum atomic E-state index is -0.837. The van der Waals surface area contributed by atoms with E-state index in [2.05, 4.69) is 20.8 Å². The Morgan fingerprint density at radius 2 is 1.62 bits per heavy atom. The van der Waals surface area contributed by atoms with Gasteiger partial charge in [0, 0.05) is 22.3 Å². The van der Waals surface area contributed by atoms with Crippen LogP contribution in [-0.2, 0) is 5.75 Å². The second-order valence-electron chi connectivity index (χ2n) is 7.20. The minimum Gasteiger partial charge on any atom is -0.387 e. The number of aliphatic hydroxyl groups is 1. The Balaban J connectivity index is 1.25. The number of aliphatic hydroxyl groups excluding tert-OH is 1. The number of aromatic nitrogens is 2. The van der Waals surface area contributed by atoms with Crippen LogP contribution in [-0.4, -0.2) is 27.9 Å². The van der Waals surface area contributed by atoms with Gasteiger partial charge in [-0.3, -0.25) is 5.32 Å². The van der Waals surface area contributed by atoms with Crippen LogP contribution in [0.2, 0.25) is 10.0 Å². The summed E-state index contributed by atoms with van der Waals surface area (Å²) < 4.78 is 0.671. The molecule has 0 bridgehead atoms. The average Bonchev–Trinajstić information content (AvgIpc) is 3.30. The number of hydrogen-bond acceptors (Lipinski definition) is 6. The number of hydrogen-bond donors (Lipinski definition) is 3. The van der Waals surface area contributed by atoms with Crippen LogP contribution >= 0.6 is 46.3 Å². The maximum absolute atomic E-state index is 12.2. The summed E-state index contributed by atoms with van der Waals surface area (Å²) in [6, 6.07) is 22.5. The first-order chi connectivity index (χ1) is 16.5. The fourth-order valence-electron chi connectivity index (χ4n) is 3.10. The molecule has 0 spiro atoms. The van der Waals surface area contributed by atoms with E-state index in [9.17, 15) is 9.90 Å². The van der Waals surface area contributed by atoms with Gasteiger partial charge in [-0.15, -0.1) is 10.2 Å². The molecule has 34 heavy (non-hydrogen) atoms. The lowest BCUT2D eigenvalue weighted by molar-refractivity contribution is 0.175. The lowest BCUT2D eigenvalue weighted by Gasteiger charge is -2.13. The summed E-state index contributed by atoms with van der Waals surface area (Å²) in [5.41, 5.74) is 3.70. The summed E-state index contributed by atoms with van der Waals surface area (Å²) in [5.74, 6) is 0.536. The van der Waals surface area contributed by atoms with E-state index in [0.29, 0.717) is 30.8 Å². The van der Waals surface area contributed by atoms with Crippen molar-refractivity contribution in [2.75, 3.05) is 11.9 Å². The first kappa shape index (κ1) is 24.5. The van der Waals surface area contributed by atoms with Gasteiger partial charge in [-0.2, -0.15) is 0 Å². The zero-order valence-electron chi connectivity index (χ0n) is 17.7. The molecule has 1 atom stereocenters. The Morgan fingerprint density at radius 3 is 2.32 bits per heavy atom. The zero-order valence-corrected chi connectivity index (χ0v) is 20.9. The van der Waals surface area contributed by atoms with Crippen LogP contribution in [0, 0.1) is 0 Å². The minimum absolute atomic E-state index is 0.0575. The third kappa shape index (κ3) is 6.49. The van der Waals surface area contributed by atoms with Gasteiger partial charge in [-0.05, 0) is 34.4 Å². The van der Waals surface area contributed by atoms with Crippen LogP contribution in [0.4, 0.5) is 9.93 Å². The highest BCUT2D eigenvalue weighted by atomic mass is 35.5. The molecule has 0 fully saturated rings. The average molecular weight is 531 g/mol. The molecule has 6 nitrogen and oxygen atoms in total. The SMILES string of the molecule is O=C(NCC(O)c1ccc(-c2ccccc2)cc1)Nc1nnc(SCc2c(Cl)cccc2Cl)s1. The van der Waals surface area contributed by atoms with Crippen molar-refractivity contribution in [3.63, 3.8) is 0 Å². The molecule has 0 saturated heterocycles. The molecule has 4 rings (SSSR count). The highest BCUT2D eigenvalue weighted by molar-refractivity contribution is 8.00. The van der Waals surface area contributed by atoms with Gasteiger partial charge in [0.25, 0.3) is 0 Å². The van der Waals surface area contributed by atoms with E-state index in [4.69, 9.17) is 23.2 Å². The second-order valence-corrected chi connectivity index (χ2v) is 10.2. The first-order valence-electron chi connectivity index (χ1n) is 10.3. The van der Waals surface area contributed by atoms with Crippen molar-refractivity contribution < 1.29 is 9.90 Å². The molecule has 0 aliphatic heterocycles. The number of benzene rings is 3. The number of halogens is 2. The molecule has 10 heteroatoms. The number of thioether (sulfide) groups is 1. The molecular formula is C24H20Cl2N4O2S2. The molecule has 0 aliphatic carbocycles. The van der Waals surface area contributed by atoms with E-state index in [0.717, 1.165) is 16.7 Å². The summed E-state index contributed by atoms with van der Waals surface area (Å²) >= 11 is 15.1. The number of nitrogens with one attached hydrogen (secondary N) is 2. The van der Waals surface area contributed by atoms with Crippen LogP contribution in [0.1, 0.15) is 17.2 Å². The molecule has 2 amide bonds. The Bertz CT molecular complexity index is 1230. The molecule has 0 saturated carbocycles. The van der Waals surface area contributed by atoms with E-state index < -0.39 is 12.1 Å². The van der Waals surface area contributed by atoms with Gasteiger partial charge < -0.3 is 10.4 Å². The van der Waals surface area contributed by atoms with Crippen LogP contribution in [0.15, 0.2) is 77.1 Å². The van der Waals surface area contributed by atoms with Crippen LogP contribution in [0.5, 0.6) is 0 Å². The fourth-order valence-corrected chi connectivity index (χ4v) is 5.59. The van der Waals surface area contributed by atoms with E-state index in [-0.39, 0.29) is 6.54 Å². The normalized spacial score (nSPS) is 11.7. The van der Waals surface area contributed by atoms with Crippen LogP contribution < -0.4 is 10.6 Å². The Kier molecular flexibility index (Phi) is 8.42. The Hall–Kier alpha value is -2.62. The van der Waals surface area contributed by atoms with E-state index in [1.165, 1.54) is 23.1 Å². The third-order valence-electron chi connectivity index (χ3n) is 4.89. The van der Waals surface area contributed by atoms with Gasteiger partial charge in [0.05, 0.1) is 6.10 Å². The summed E-state index contributed by atoms with van der Waals surface area (Å²) in [5, 5.41) is 25.3. The van der Waals surface area contributed by atoms with E-state index in [1.807, 2.05) is 54.6 Å².